The molecule has 1 fully saturated rings. The molecule has 1 aliphatic rings. The van der Waals surface area contributed by atoms with Gasteiger partial charge in [0, 0.05) is 29.8 Å². The number of nitrogens with one attached hydrogen (secondary N) is 1. The van der Waals surface area contributed by atoms with Crippen LogP contribution in [-0.4, -0.2) is 24.0 Å². The topological polar surface area (TPSA) is 54.5 Å². The van der Waals surface area contributed by atoms with Crippen LogP contribution in [0.5, 0.6) is 5.75 Å². The highest BCUT2D eigenvalue weighted by atomic mass is 32.1. The highest BCUT2D eigenvalue weighted by Gasteiger charge is 2.15. The number of thiazole rings is 1. The normalized spacial score (nSPS) is 13.9. The molecular weight excluding hydrogens is 370 g/mol. The number of amides is 1. The van der Waals surface area contributed by atoms with Crippen molar-refractivity contribution in [1.82, 2.24) is 4.98 Å². The van der Waals surface area contributed by atoms with Crippen LogP contribution >= 0.6 is 11.3 Å². The summed E-state index contributed by atoms with van der Waals surface area (Å²) in [5.74, 6) is 0.379. The van der Waals surface area contributed by atoms with Crippen LogP contribution in [0.1, 0.15) is 35.3 Å². The number of hydrogen-bond donors (Lipinski definition) is 1. The number of nitrogens with zero attached hydrogens (tertiary/aromatic N) is 2. The summed E-state index contributed by atoms with van der Waals surface area (Å²) >= 11 is 1.53. The Hall–Kier alpha value is -2.86. The Morgan fingerprint density at radius 2 is 1.96 bits per heavy atom. The number of anilines is 2. The first-order valence-electron chi connectivity index (χ1n) is 9.55. The second-order valence-corrected chi connectivity index (χ2v) is 7.54. The molecule has 0 saturated carbocycles. The SMILES string of the molecule is O=C(Nc1cccc(N2CCCCC2)c1)c1ccccc1OCc1cscn1. The fourth-order valence-corrected chi connectivity index (χ4v) is 3.91. The van der Waals surface area contributed by atoms with Gasteiger partial charge in [-0.1, -0.05) is 18.2 Å². The summed E-state index contributed by atoms with van der Waals surface area (Å²) in [6.45, 7) is 2.49. The van der Waals surface area contributed by atoms with Crippen LogP contribution in [0, 0.1) is 0 Å². The first-order valence-corrected chi connectivity index (χ1v) is 10.5. The van der Waals surface area contributed by atoms with Crippen LogP contribution in [-0.2, 0) is 6.61 Å². The molecule has 0 bridgehead atoms. The van der Waals surface area contributed by atoms with Crippen LogP contribution in [0.3, 0.4) is 0 Å². The summed E-state index contributed by atoms with van der Waals surface area (Å²) < 4.78 is 5.83. The highest BCUT2D eigenvalue weighted by molar-refractivity contribution is 7.07. The number of piperidine rings is 1. The Morgan fingerprint density at radius 1 is 1.11 bits per heavy atom. The van der Waals surface area contributed by atoms with Crippen molar-refractivity contribution in [1.29, 1.82) is 0 Å². The molecule has 4 rings (SSSR count). The quantitative estimate of drug-likeness (QED) is 0.643. The Morgan fingerprint density at radius 3 is 2.79 bits per heavy atom. The van der Waals surface area contributed by atoms with Gasteiger partial charge in [0.1, 0.15) is 12.4 Å². The lowest BCUT2D eigenvalue weighted by Crippen LogP contribution is -2.29. The summed E-state index contributed by atoms with van der Waals surface area (Å²) in [5, 5.41) is 4.95. The van der Waals surface area contributed by atoms with E-state index in [-0.39, 0.29) is 5.91 Å². The molecule has 2 heterocycles. The Balaban J connectivity index is 1.46. The lowest BCUT2D eigenvalue weighted by Gasteiger charge is -2.29. The van der Waals surface area contributed by atoms with Crippen LogP contribution in [0.4, 0.5) is 11.4 Å². The third kappa shape index (κ3) is 4.51. The van der Waals surface area contributed by atoms with E-state index >= 15 is 0 Å². The molecule has 0 atom stereocenters. The Labute approximate surface area is 169 Å². The van der Waals surface area contributed by atoms with Crippen LogP contribution in [0.25, 0.3) is 0 Å². The number of aromatic nitrogens is 1. The monoisotopic (exact) mass is 393 g/mol. The molecule has 3 aromatic rings. The van der Waals surface area contributed by atoms with Gasteiger partial charge in [-0.2, -0.15) is 0 Å². The molecule has 0 spiro atoms. The predicted octanol–water partition coefficient (Wildman–Crippen LogP) is 4.96. The minimum absolute atomic E-state index is 0.176. The molecule has 1 saturated heterocycles. The van der Waals surface area contributed by atoms with E-state index in [0.29, 0.717) is 17.9 Å². The molecule has 0 aliphatic carbocycles. The van der Waals surface area contributed by atoms with Gasteiger partial charge in [0.25, 0.3) is 5.91 Å². The van der Waals surface area contributed by atoms with Crippen molar-refractivity contribution in [3.8, 4) is 5.75 Å². The van der Waals surface area contributed by atoms with Crippen molar-refractivity contribution in [3.05, 3.63) is 70.7 Å². The van der Waals surface area contributed by atoms with E-state index in [2.05, 4.69) is 21.3 Å². The Kier molecular flexibility index (Phi) is 5.87. The molecule has 0 unspecified atom stereocenters. The molecule has 144 valence electrons. The van der Waals surface area contributed by atoms with E-state index in [1.165, 1.54) is 30.6 Å². The van der Waals surface area contributed by atoms with Gasteiger partial charge >= 0.3 is 0 Å². The van der Waals surface area contributed by atoms with Gasteiger partial charge in [-0.25, -0.2) is 4.98 Å². The minimum Gasteiger partial charge on any atom is -0.486 e. The van der Waals surface area contributed by atoms with Crippen LogP contribution in [0.15, 0.2) is 59.4 Å². The van der Waals surface area contributed by atoms with E-state index in [0.717, 1.165) is 30.2 Å². The van der Waals surface area contributed by atoms with E-state index in [1.54, 1.807) is 11.6 Å². The third-order valence-corrected chi connectivity index (χ3v) is 5.45. The third-order valence-electron chi connectivity index (χ3n) is 4.82. The fourth-order valence-electron chi connectivity index (χ4n) is 3.37. The highest BCUT2D eigenvalue weighted by Crippen LogP contribution is 2.25. The number of ether oxygens (including phenoxy) is 1. The zero-order chi connectivity index (χ0) is 19.2. The smallest absolute Gasteiger partial charge is 0.259 e. The number of benzene rings is 2. The van der Waals surface area contributed by atoms with E-state index in [1.807, 2.05) is 41.8 Å². The number of rotatable bonds is 6. The molecule has 1 amide bonds. The van der Waals surface area contributed by atoms with Gasteiger partial charge in [0.15, 0.2) is 0 Å². The maximum Gasteiger partial charge on any atom is 0.259 e. The summed E-state index contributed by atoms with van der Waals surface area (Å²) in [6.07, 6.45) is 3.74. The van der Waals surface area contributed by atoms with Crippen molar-refractivity contribution in [2.24, 2.45) is 0 Å². The minimum atomic E-state index is -0.176. The second kappa shape index (κ2) is 8.89. The number of carbonyl (C=O) groups excluding carboxylic acids is 1. The average Bonchev–Trinajstić information content (AvgIpc) is 3.27. The molecule has 1 aliphatic heterocycles. The first kappa shape index (κ1) is 18.5. The summed E-state index contributed by atoms with van der Waals surface area (Å²) in [6, 6.07) is 15.4. The molecule has 1 aromatic heterocycles. The predicted molar refractivity (Wildman–Crippen MR) is 113 cm³/mol. The molecule has 28 heavy (non-hydrogen) atoms. The zero-order valence-electron chi connectivity index (χ0n) is 15.6. The van der Waals surface area contributed by atoms with Gasteiger partial charge in [-0.3, -0.25) is 4.79 Å². The van der Waals surface area contributed by atoms with E-state index in [4.69, 9.17) is 4.74 Å². The number of para-hydroxylation sites is 1. The van der Waals surface area contributed by atoms with Crippen molar-refractivity contribution in [3.63, 3.8) is 0 Å². The number of hydrogen-bond acceptors (Lipinski definition) is 5. The molecule has 2 aromatic carbocycles. The summed E-state index contributed by atoms with van der Waals surface area (Å²) in [5.41, 5.74) is 5.09. The van der Waals surface area contributed by atoms with Crippen LogP contribution in [0.2, 0.25) is 0 Å². The van der Waals surface area contributed by atoms with Crippen molar-refractivity contribution in [2.45, 2.75) is 25.9 Å². The average molecular weight is 394 g/mol. The molecule has 5 nitrogen and oxygen atoms in total. The summed E-state index contributed by atoms with van der Waals surface area (Å²) in [4.78, 5) is 19.5. The van der Waals surface area contributed by atoms with Gasteiger partial charge in [-0.15, -0.1) is 11.3 Å². The molecule has 6 heteroatoms. The first-order chi connectivity index (χ1) is 13.8. The lowest BCUT2D eigenvalue weighted by molar-refractivity contribution is 0.102. The standard InChI is InChI=1S/C22H23N3O2S/c26-22(20-9-2-3-10-21(20)27-14-18-15-28-16-23-18)24-17-7-6-8-19(13-17)25-11-4-1-5-12-25/h2-3,6-10,13,15-16H,1,4-5,11-12,14H2,(H,24,26). The van der Waals surface area contributed by atoms with Gasteiger partial charge in [-0.05, 0) is 49.6 Å². The van der Waals surface area contributed by atoms with Crippen molar-refractivity contribution < 1.29 is 9.53 Å². The molecular formula is C22H23N3O2S. The van der Waals surface area contributed by atoms with Crippen molar-refractivity contribution in [2.75, 3.05) is 23.3 Å². The van der Waals surface area contributed by atoms with Gasteiger partial charge in [0.05, 0.1) is 16.8 Å². The van der Waals surface area contributed by atoms with E-state index < -0.39 is 0 Å². The van der Waals surface area contributed by atoms with E-state index in [9.17, 15) is 4.79 Å². The molecule has 1 N–H and O–H groups in total. The van der Waals surface area contributed by atoms with Gasteiger partial charge in [0.2, 0.25) is 0 Å². The second-order valence-electron chi connectivity index (χ2n) is 6.82. The maximum absolute atomic E-state index is 12.9. The van der Waals surface area contributed by atoms with Crippen molar-refractivity contribution >= 4 is 28.6 Å². The fraction of sp³-hybridized carbons (Fsp3) is 0.273. The Bertz CT molecular complexity index is 921. The summed E-state index contributed by atoms with van der Waals surface area (Å²) in [7, 11) is 0. The zero-order valence-corrected chi connectivity index (χ0v) is 16.5. The van der Waals surface area contributed by atoms with Gasteiger partial charge < -0.3 is 15.0 Å². The molecule has 0 radical (unpaired) electrons. The lowest BCUT2D eigenvalue weighted by atomic mass is 10.1. The number of carbonyl (C=O) groups is 1. The largest absolute Gasteiger partial charge is 0.486 e. The van der Waals surface area contributed by atoms with Crippen LogP contribution < -0.4 is 15.0 Å². The maximum atomic E-state index is 12.9.